The fourth-order valence-electron chi connectivity index (χ4n) is 1.34. The first-order valence-electron chi connectivity index (χ1n) is 5.48. The van der Waals surface area contributed by atoms with E-state index in [0.717, 1.165) is 18.7 Å². The second-order valence-corrected chi connectivity index (χ2v) is 4.15. The molecule has 0 atom stereocenters. The monoisotopic (exact) mass is 258 g/mol. The molecule has 18 heavy (non-hydrogen) atoms. The molecule has 0 saturated carbocycles. The van der Waals surface area contributed by atoms with Crippen LogP contribution in [0.15, 0.2) is 12.1 Å². The number of nitrogens with zero attached hydrogens (tertiary/aromatic N) is 1. The van der Waals surface area contributed by atoms with Gasteiger partial charge in [-0.2, -0.15) is 0 Å². The number of carbonyl (C=O) groups is 1. The third kappa shape index (κ3) is 3.96. The number of benzene rings is 1. The van der Waals surface area contributed by atoms with Crippen molar-refractivity contribution in [2.75, 3.05) is 33.0 Å². The maximum Gasteiger partial charge on any atom is 0.341 e. The normalized spacial score (nSPS) is 10.7. The molecule has 0 amide bonds. The van der Waals surface area contributed by atoms with Crippen molar-refractivity contribution in [2.24, 2.45) is 0 Å². The molecule has 0 spiro atoms. The van der Waals surface area contributed by atoms with Crippen molar-refractivity contribution in [3.8, 4) is 0 Å². The Balaban J connectivity index is 2.59. The van der Waals surface area contributed by atoms with Crippen LogP contribution in [-0.4, -0.2) is 38.1 Å². The second-order valence-electron chi connectivity index (χ2n) is 4.15. The number of esters is 1. The van der Waals surface area contributed by atoms with Gasteiger partial charge in [-0.05, 0) is 26.6 Å². The lowest BCUT2D eigenvalue weighted by Gasteiger charge is -2.10. The van der Waals surface area contributed by atoms with Crippen molar-refractivity contribution in [1.82, 2.24) is 4.90 Å². The number of rotatable bonds is 5. The Bertz CT molecular complexity index is 436. The second kappa shape index (κ2) is 6.30. The Labute approximate surface area is 104 Å². The van der Waals surface area contributed by atoms with E-state index in [-0.39, 0.29) is 12.3 Å². The minimum atomic E-state index is -0.884. The minimum absolute atomic E-state index is 0.155. The first kappa shape index (κ1) is 14.4. The third-order valence-electron chi connectivity index (χ3n) is 2.29. The van der Waals surface area contributed by atoms with E-state index in [1.807, 2.05) is 19.0 Å². The highest BCUT2D eigenvalue weighted by molar-refractivity contribution is 5.90. The van der Waals surface area contributed by atoms with Gasteiger partial charge < -0.3 is 15.4 Å². The quantitative estimate of drug-likeness (QED) is 0.496. The van der Waals surface area contributed by atoms with E-state index in [0.29, 0.717) is 6.42 Å². The van der Waals surface area contributed by atoms with Crippen LogP contribution in [0.5, 0.6) is 0 Å². The smallest absolute Gasteiger partial charge is 0.341 e. The summed E-state index contributed by atoms with van der Waals surface area (Å²) >= 11 is 0. The van der Waals surface area contributed by atoms with E-state index in [9.17, 15) is 13.6 Å². The van der Waals surface area contributed by atoms with Gasteiger partial charge in [0.1, 0.15) is 11.6 Å². The third-order valence-corrected chi connectivity index (χ3v) is 2.29. The van der Waals surface area contributed by atoms with Crippen LogP contribution in [0.2, 0.25) is 0 Å². The lowest BCUT2D eigenvalue weighted by atomic mass is 10.2. The number of ether oxygens (including phenoxy) is 1. The molecule has 0 saturated heterocycles. The van der Waals surface area contributed by atoms with Crippen molar-refractivity contribution in [1.29, 1.82) is 0 Å². The van der Waals surface area contributed by atoms with Crippen LogP contribution < -0.4 is 5.73 Å². The Morgan fingerprint density at radius 3 is 2.61 bits per heavy atom. The Kier molecular flexibility index (Phi) is 5.03. The molecule has 0 heterocycles. The van der Waals surface area contributed by atoms with E-state index in [1.165, 1.54) is 0 Å². The maximum absolute atomic E-state index is 13.4. The first-order chi connectivity index (χ1) is 8.41. The molecular weight excluding hydrogens is 242 g/mol. The molecule has 0 aliphatic rings. The number of anilines is 1. The van der Waals surface area contributed by atoms with Crippen molar-refractivity contribution < 1.29 is 18.3 Å². The van der Waals surface area contributed by atoms with E-state index >= 15 is 0 Å². The van der Waals surface area contributed by atoms with Crippen LogP contribution in [0.25, 0.3) is 0 Å². The van der Waals surface area contributed by atoms with Gasteiger partial charge in [-0.15, -0.1) is 0 Å². The molecule has 0 radical (unpaired) electrons. The van der Waals surface area contributed by atoms with E-state index in [4.69, 9.17) is 10.5 Å². The number of halogens is 2. The molecule has 0 aliphatic carbocycles. The highest BCUT2D eigenvalue weighted by Gasteiger charge is 2.16. The molecule has 0 aliphatic heterocycles. The van der Waals surface area contributed by atoms with Crippen molar-refractivity contribution in [2.45, 2.75) is 6.42 Å². The average molecular weight is 258 g/mol. The van der Waals surface area contributed by atoms with Crippen molar-refractivity contribution >= 4 is 11.7 Å². The summed E-state index contributed by atoms with van der Waals surface area (Å²) in [6, 6.07) is 1.52. The van der Waals surface area contributed by atoms with Crippen LogP contribution >= 0.6 is 0 Å². The van der Waals surface area contributed by atoms with Crippen LogP contribution in [0, 0.1) is 11.6 Å². The van der Waals surface area contributed by atoms with E-state index in [2.05, 4.69) is 0 Å². The SMILES string of the molecule is CN(C)CCCOC(=O)c1cc(F)c(N)cc1F. The Morgan fingerprint density at radius 1 is 1.33 bits per heavy atom. The largest absolute Gasteiger partial charge is 0.462 e. The molecule has 0 unspecified atom stereocenters. The summed E-state index contributed by atoms with van der Waals surface area (Å²) in [5, 5.41) is 0. The van der Waals surface area contributed by atoms with Gasteiger partial charge in [-0.3, -0.25) is 0 Å². The van der Waals surface area contributed by atoms with Gasteiger partial charge in [0.2, 0.25) is 0 Å². The molecule has 0 bridgehead atoms. The van der Waals surface area contributed by atoms with Gasteiger partial charge in [0.15, 0.2) is 0 Å². The Morgan fingerprint density at radius 2 is 2.00 bits per heavy atom. The summed E-state index contributed by atoms with van der Waals surface area (Å²) in [6.45, 7) is 0.897. The summed E-state index contributed by atoms with van der Waals surface area (Å²) < 4.78 is 31.3. The van der Waals surface area contributed by atoms with Gasteiger partial charge in [0.05, 0.1) is 17.9 Å². The maximum atomic E-state index is 13.4. The molecule has 4 nitrogen and oxygen atoms in total. The van der Waals surface area contributed by atoms with Gasteiger partial charge >= 0.3 is 5.97 Å². The summed E-state index contributed by atoms with van der Waals surface area (Å²) in [5.74, 6) is -2.60. The predicted molar refractivity (Wildman–Crippen MR) is 64.2 cm³/mol. The molecule has 6 heteroatoms. The zero-order valence-electron chi connectivity index (χ0n) is 10.4. The summed E-state index contributed by atoms with van der Waals surface area (Å²) in [4.78, 5) is 13.4. The van der Waals surface area contributed by atoms with Gasteiger partial charge in [0.25, 0.3) is 0 Å². The number of carbonyl (C=O) groups excluding carboxylic acids is 1. The number of hydrogen-bond donors (Lipinski definition) is 1. The molecule has 1 aromatic rings. The number of nitrogen functional groups attached to an aromatic ring is 1. The number of hydrogen-bond acceptors (Lipinski definition) is 4. The molecule has 2 N–H and O–H groups in total. The molecule has 1 aromatic carbocycles. The van der Waals surface area contributed by atoms with Gasteiger partial charge in [0, 0.05) is 12.6 Å². The fraction of sp³-hybridized carbons (Fsp3) is 0.417. The lowest BCUT2D eigenvalue weighted by Crippen LogP contribution is -2.16. The van der Waals surface area contributed by atoms with Crippen LogP contribution in [-0.2, 0) is 4.74 Å². The molecule has 1 rings (SSSR count). The topological polar surface area (TPSA) is 55.6 Å². The fourth-order valence-corrected chi connectivity index (χ4v) is 1.34. The van der Waals surface area contributed by atoms with Crippen molar-refractivity contribution in [3.05, 3.63) is 29.3 Å². The predicted octanol–water partition coefficient (Wildman–Crippen LogP) is 1.66. The lowest BCUT2D eigenvalue weighted by molar-refractivity contribution is 0.0487. The molecule has 0 fully saturated rings. The van der Waals surface area contributed by atoms with Crippen LogP contribution in [0.1, 0.15) is 16.8 Å². The average Bonchev–Trinajstić information content (AvgIpc) is 2.28. The van der Waals surface area contributed by atoms with Crippen LogP contribution in [0.3, 0.4) is 0 Å². The standard InChI is InChI=1S/C12H16F2N2O2/c1-16(2)4-3-5-18-12(17)8-6-10(14)11(15)7-9(8)13/h6-7H,3-5,15H2,1-2H3. The first-order valence-corrected chi connectivity index (χ1v) is 5.48. The van der Waals surface area contributed by atoms with E-state index in [1.54, 1.807) is 0 Å². The van der Waals surface area contributed by atoms with Crippen molar-refractivity contribution in [3.63, 3.8) is 0 Å². The summed E-state index contributed by atoms with van der Waals surface area (Å²) in [6.07, 6.45) is 0.623. The highest BCUT2D eigenvalue weighted by Crippen LogP contribution is 2.17. The molecule has 0 aromatic heterocycles. The van der Waals surface area contributed by atoms with Gasteiger partial charge in [-0.25, -0.2) is 13.6 Å². The summed E-state index contributed by atoms with van der Waals surface area (Å²) in [7, 11) is 3.77. The minimum Gasteiger partial charge on any atom is -0.462 e. The summed E-state index contributed by atoms with van der Waals surface area (Å²) in [5.41, 5.74) is 4.40. The number of nitrogens with two attached hydrogens (primary N) is 1. The van der Waals surface area contributed by atoms with Crippen LogP contribution in [0.4, 0.5) is 14.5 Å². The van der Waals surface area contributed by atoms with Gasteiger partial charge in [-0.1, -0.05) is 0 Å². The highest BCUT2D eigenvalue weighted by atomic mass is 19.1. The molecular formula is C12H16F2N2O2. The Hall–Kier alpha value is -1.69. The zero-order valence-corrected chi connectivity index (χ0v) is 10.4. The molecule has 100 valence electrons. The van der Waals surface area contributed by atoms with E-state index < -0.39 is 23.2 Å². The zero-order chi connectivity index (χ0) is 13.7.